The molecule has 0 heterocycles. The number of benzene rings is 2. The molecule has 1 unspecified atom stereocenters. The Morgan fingerprint density at radius 1 is 1.09 bits per heavy atom. The summed E-state index contributed by atoms with van der Waals surface area (Å²) in [5.41, 5.74) is -5.65. The lowest BCUT2D eigenvalue weighted by molar-refractivity contribution is -0.0517. The van der Waals surface area contributed by atoms with E-state index in [1.54, 1.807) is 0 Å². The molecule has 1 atom stereocenters. The molecule has 0 spiro atoms. The summed E-state index contributed by atoms with van der Waals surface area (Å²) in [5.74, 6) is 1.23. The molecule has 0 amide bonds. The minimum Gasteiger partial charge on any atom is -0.741 e. The Kier molecular flexibility index (Phi) is 6.27. The van der Waals surface area contributed by atoms with Gasteiger partial charge in [-0.25, -0.2) is 8.42 Å². The van der Waals surface area contributed by atoms with Crippen LogP contribution >= 0.6 is 0 Å². The number of rotatable bonds is 2. The molecule has 2 aromatic carbocycles. The van der Waals surface area contributed by atoms with Crippen molar-refractivity contribution in [1.29, 1.82) is 0 Å². The quantitative estimate of drug-likeness (QED) is 0.472. The lowest BCUT2D eigenvalue weighted by Crippen LogP contribution is -2.21. The Hall–Kier alpha value is -1.25. The van der Waals surface area contributed by atoms with E-state index in [1.165, 1.54) is 21.4 Å². The average molecular weight is 352 g/mol. The summed E-state index contributed by atoms with van der Waals surface area (Å²) in [5, 5.41) is 2.78. The first-order valence-electron chi connectivity index (χ1n) is 6.20. The Bertz CT molecular complexity index is 722. The second-order valence-electron chi connectivity index (χ2n) is 4.30. The molecule has 0 aliphatic carbocycles. The van der Waals surface area contributed by atoms with Crippen LogP contribution < -0.4 is 0 Å². The first kappa shape index (κ1) is 18.8. The fourth-order valence-corrected chi connectivity index (χ4v) is 2.84. The van der Waals surface area contributed by atoms with Gasteiger partial charge in [0.1, 0.15) is 12.0 Å². The molecule has 0 bridgehead atoms. The summed E-state index contributed by atoms with van der Waals surface area (Å²) in [6.07, 6.45) is 2.32. The van der Waals surface area contributed by atoms with Gasteiger partial charge in [0.05, 0.1) is 0 Å². The summed E-state index contributed by atoms with van der Waals surface area (Å²) in [7, 11) is -5.71. The summed E-state index contributed by atoms with van der Waals surface area (Å²) in [6, 6.07) is 15.2. The predicted molar refractivity (Wildman–Crippen MR) is 81.8 cm³/mol. The van der Waals surface area contributed by atoms with Crippen LogP contribution in [0.2, 0.25) is 0 Å². The van der Waals surface area contributed by atoms with Gasteiger partial charge >= 0.3 is 5.51 Å². The summed E-state index contributed by atoms with van der Waals surface area (Å²) >= 11 is 0. The Morgan fingerprint density at radius 2 is 1.59 bits per heavy atom. The molecule has 22 heavy (non-hydrogen) atoms. The van der Waals surface area contributed by atoms with Crippen LogP contribution in [0.4, 0.5) is 13.2 Å². The van der Waals surface area contributed by atoms with Crippen LogP contribution in [0, 0.1) is 0 Å². The molecule has 0 saturated carbocycles. The van der Waals surface area contributed by atoms with Crippen molar-refractivity contribution in [1.82, 2.24) is 0 Å². The van der Waals surface area contributed by atoms with Crippen molar-refractivity contribution in [3.05, 3.63) is 42.5 Å². The topological polar surface area (TPSA) is 57.2 Å². The Balaban J connectivity index is 0.000000261. The van der Waals surface area contributed by atoms with E-state index in [-0.39, 0.29) is 0 Å². The normalized spacial score (nSPS) is 13.4. The van der Waals surface area contributed by atoms with E-state index in [9.17, 15) is 13.2 Å². The number of fused-ring (bicyclic) bond motifs is 1. The standard InChI is InChI=1S/C13H15S.CHF3O3S/c1-3-14(2)13-10-6-8-11-7-4-5-9-12(11)13;2-1(3,4)8(5,6)7/h4-10H,3H2,1-2H3;(H,5,6,7)/q+1;/p-1. The van der Waals surface area contributed by atoms with Gasteiger partial charge in [-0.1, -0.05) is 30.3 Å². The fourth-order valence-electron chi connectivity index (χ4n) is 1.66. The second-order valence-corrected chi connectivity index (χ2v) is 7.97. The summed E-state index contributed by atoms with van der Waals surface area (Å²) in [6.45, 7) is 2.25. The predicted octanol–water partition coefficient (Wildman–Crippen LogP) is 3.52. The summed E-state index contributed by atoms with van der Waals surface area (Å²) in [4.78, 5) is 1.51. The van der Waals surface area contributed by atoms with E-state index in [0.717, 1.165) is 0 Å². The van der Waals surface area contributed by atoms with Crippen molar-refractivity contribution in [2.24, 2.45) is 0 Å². The molecule has 2 rings (SSSR count). The maximum atomic E-state index is 10.7. The molecule has 0 aliphatic rings. The van der Waals surface area contributed by atoms with Gasteiger partial charge in [0.15, 0.2) is 15.0 Å². The van der Waals surface area contributed by atoms with Gasteiger partial charge < -0.3 is 4.55 Å². The zero-order valence-electron chi connectivity index (χ0n) is 11.9. The van der Waals surface area contributed by atoms with Gasteiger partial charge in [-0.15, -0.1) is 0 Å². The van der Waals surface area contributed by atoms with Crippen LogP contribution in [0.1, 0.15) is 6.92 Å². The highest BCUT2D eigenvalue weighted by atomic mass is 32.2. The van der Waals surface area contributed by atoms with Crippen molar-refractivity contribution < 1.29 is 26.1 Å². The SMILES string of the molecule is CC[S+](C)c1cccc2ccccc12.O=S(=O)([O-])C(F)(F)F. The monoisotopic (exact) mass is 352 g/mol. The average Bonchev–Trinajstić information content (AvgIpc) is 2.44. The lowest BCUT2D eigenvalue weighted by Gasteiger charge is -2.08. The molecule has 0 aromatic heterocycles. The van der Waals surface area contributed by atoms with Crippen molar-refractivity contribution in [3.8, 4) is 0 Å². The van der Waals surface area contributed by atoms with E-state index in [1.807, 2.05) is 0 Å². The molecule has 122 valence electrons. The number of hydrogen-bond acceptors (Lipinski definition) is 3. The second kappa shape index (κ2) is 7.34. The highest BCUT2D eigenvalue weighted by Crippen LogP contribution is 2.23. The van der Waals surface area contributed by atoms with Gasteiger partial charge in [-0.3, -0.25) is 0 Å². The molecule has 8 heteroatoms. The first-order valence-corrected chi connectivity index (χ1v) is 9.41. The minimum atomic E-state index is -6.09. The van der Waals surface area contributed by atoms with Crippen molar-refractivity contribution >= 4 is 31.8 Å². The third kappa shape index (κ3) is 4.89. The Morgan fingerprint density at radius 3 is 2.09 bits per heavy atom. The van der Waals surface area contributed by atoms with Crippen LogP contribution in [0.3, 0.4) is 0 Å². The zero-order chi connectivity index (χ0) is 17.0. The van der Waals surface area contributed by atoms with Crippen molar-refractivity contribution in [2.75, 3.05) is 12.0 Å². The van der Waals surface area contributed by atoms with Crippen molar-refractivity contribution in [3.63, 3.8) is 0 Å². The van der Waals surface area contributed by atoms with Crippen LogP contribution in [0.5, 0.6) is 0 Å². The van der Waals surface area contributed by atoms with Gasteiger partial charge in [-0.05, 0) is 24.4 Å². The molecule has 0 N–H and O–H groups in total. The van der Waals surface area contributed by atoms with Crippen molar-refractivity contribution in [2.45, 2.75) is 17.3 Å². The molecule has 0 aliphatic heterocycles. The minimum absolute atomic E-state index is 0.385. The largest absolute Gasteiger partial charge is 0.741 e. The first-order chi connectivity index (χ1) is 10.1. The maximum Gasteiger partial charge on any atom is 0.485 e. The molecular weight excluding hydrogens is 337 g/mol. The third-order valence-corrected chi connectivity index (χ3v) is 5.38. The Labute approximate surface area is 130 Å². The molecule has 0 saturated heterocycles. The van der Waals surface area contributed by atoms with Crippen LogP contribution in [0.15, 0.2) is 47.4 Å². The smallest absolute Gasteiger partial charge is 0.485 e. The van der Waals surface area contributed by atoms with E-state index in [2.05, 4.69) is 55.6 Å². The molecule has 0 radical (unpaired) electrons. The maximum absolute atomic E-state index is 10.7. The molecule has 3 nitrogen and oxygen atoms in total. The highest BCUT2D eigenvalue weighted by molar-refractivity contribution is 7.96. The molecule has 0 fully saturated rings. The van der Waals surface area contributed by atoms with Gasteiger partial charge in [-0.2, -0.15) is 13.2 Å². The van der Waals surface area contributed by atoms with E-state index < -0.39 is 15.6 Å². The highest BCUT2D eigenvalue weighted by Gasteiger charge is 2.36. The summed E-state index contributed by atoms with van der Waals surface area (Å²) < 4.78 is 58.9. The molecule has 2 aromatic rings. The number of halogens is 3. The lowest BCUT2D eigenvalue weighted by atomic mass is 10.1. The zero-order valence-corrected chi connectivity index (χ0v) is 13.6. The fraction of sp³-hybridized carbons (Fsp3) is 0.286. The van der Waals surface area contributed by atoms with E-state index >= 15 is 0 Å². The van der Waals surface area contributed by atoms with Gasteiger partial charge in [0, 0.05) is 16.3 Å². The van der Waals surface area contributed by atoms with E-state index in [0.29, 0.717) is 10.9 Å². The molecular formula is C14H15F3O3S2. The van der Waals surface area contributed by atoms with E-state index in [4.69, 9.17) is 13.0 Å². The third-order valence-electron chi connectivity index (χ3n) is 2.84. The number of alkyl halides is 3. The van der Waals surface area contributed by atoms with Gasteiger partial charge in [0.25, 0.3) is 0 Å². The number of hydrogen-bond donors (Lipinski definition) is 0. The van der Waals surface area contributed by atoms with Gasteiger partial charge in [0.2, 0.25) is 0 Å². The van der Waals surface area contributed by atoms with Crippen LogP contribution in [-0.2, 0) is 21.0 Å². The van der Waals surface area contributed by atoms with Crippen LogP contribution in [0.25, 0.3) is 10.8 Å². The van der Waals surface area contributed by atoms with Crippen LogP contribution in [-0.4, -0.2) is 30.5 Å².